The normalized spacial score (nSPS) is 21.8. The van der Waals surface area contributed by atoms with Crippen LogP contribution in [0.15, 0.2) is 24.5 Å². The van der Waals surface area contributed by atoms with Crippen LogP contribution in [0.5, 0.6) is 0 Å². The van der Waals surface area contributed by atoms with Gasteiger partial charge < -0.3 is 20.4 Å². The van der Waals surface area contributed by atoms with Crippen molar-refractivity contribution in [2.75, 3.05) is 30.4 Å². The van der Waals surface area contributed by atoms with Crippen molar-refractivity contribution in [1.29, 1.82) is 0 Å². The summed E-state index contributed by atoms with van der Waals surface area (Å²) in [5.41, 5.74) is 9.00. The zero-order valence-corrected chi connectivity index (χ0v) is 18.2. The third-order valence-corrected chi connectivity index (χ3v) is 6.69. The summed E-state index contributed by atoms with van der Waals surface area (Å²) in [6.07, 6.45) is 5.01. The molecule has 1 aliphatic heterocycles. The number of aromatic nitrogens is 4. The van der Waals surface area contributed by atoms with Gasteiger partial charge >= 0.3 is 0 Å². The molecule has 1 unspecified atom stereocenters. The van der Waals surface area contributed by atoms with Gasteiger partial charge in [0, 0.05) is 48.3 Å². The number of hydrogen-bond donors (Lipinski definition) is 2. The van der Waals surface area contributed by atoms with Crippen LogP contribution in [-0.4, -0.2) is 51.7 Å². The molecule has 0 radical (unpaired) electrons. The smallest absolute Gasteiger partial charge is 0.248 e. The van der Waals surface area contributed by atoms with Crippen LogP contribution >= 0.6 is 0 Å². The molecule has 1 atom stereocenters. The third-order valence-electron chi connectivity index (χ3n) is 6.69. The second-order valence-electron chi connectivity index (χ2n) is 8.95. The standard InChI is InChI=1S/C23H28F2N6O/c1-14-13-32-11-10-31(14)22-18(12-15-2-6-23(24,25)7-3-15)19(26)29-21(30-22)17-5-9-28-20-16(17)4-8-27-20/h4-5,8-9,14-15H,2-3,6-7,10-13H2,1H3,(H,27,28)(H2,26,29,30). The molecule has 9 heteroatoms. The number of aromatic amines is 1. The maximum atomic E-state index is 13.7. The molecule has 2 aliphatic rings. The van der Waals surface area contributed by atoms with Gasteiger partial charge in [-0.1, -0.05) is 0 Å². The number of nitrogens with one attached hydrogen (secondary N) is 1. The SMILES string of the molecule is CC1COCCN1c1nc(-c2ccnc3[nH]ccc23)nc(N)c1CC1CCC(F)(F)CC1. The van der Waals surface area contributed by atoms with Crippen LogP contribution in [0.3, 0.4) is 0 Å². The molecule has 4 heterocycles. The van der Waals surface area contributed by atoms with Gasteiger partial charge in [0.15, 0.2) is 5.82 Å². The average molecular weight is 443 g/mol. The Bertz CT molecular complexity index is 1110. The first-order valence-electron chi connectivity index (χ1n) is 11.2. The van der Waals surface area contributed by atoms with E-state index in [1.165, 1.54) is 0 Å². The summed E-state index contributed by atoms with van der Waals surface area (Å²) in [6.45, 7) is 4.00. The van der Waals surface area contributed by atoms with Crippen LogP contribution in [0.1, 0.15) is 38.2 Å². The maximum absolute atomic E-state index is 13.7. The van der Waals surface area contributed by atoms with E-state index in [-0.39, 0.29) is 24.8 Å². The van der Waals surface area contributed by atoms with E-state index in [0.717, 1.165) is 28.0 Å². The number of rotatable bonds is 4. The van der Waals surface area contributed by atoms with E-state index in [1.807, 2.05) is 18.3 Å². The van der Waals surface area contributed by atoms with Gasteiger partial charge in [0.05, 0.1) is 19.3 Å². The number of anilines is 2. The van der Waals surface area contributed by atoms with Crippen molar-refractivity contribution in [3.63, 3.8) is 0 Å². The minimum Gasteiger partial charge on any atom is -0.383 e. The van der Waals surface area contributed by atoms with Crippen LogP contribution < -0.4 is 10.6 Å². The molecule has 0 aromatic carbocycles. The number of ether oxygens (including phenoxy) is 1. The first-order valence-corrected chi connectivity index (χ1v) is 11.2. The Hall–Kier alpha value is -2.81. The van der Waals surface area contributed by atoms with Gasteiger partial charge in [0.25, 0.3) is 0 Å². The van der Waals surface area contributed by atoms with Crippen molar-refractivity contribution in [2.24, 2.45) is 5.92 Å². The van der Waals surface area contributed by atoms with E-state index in [0.29, 0.717) is 50.7 Å². The molecule has 1 saturated heterocycles. The summed E-state index contributed by atoms with van der Waals surface area (Å²) in [4.78, 5) is 19.3. The van der Waals surface area contributed by atoms with Gasteiger partial charge in [0.2, 0.25) is 5.92 Å². The Morgan fingerprint density at radius 3 is 2.84 bits per heavy atom. The number of alkyl halides is 2. The number of morpholine rings is 1. The molecule has 3 aromatic heterocycles. The highest BCUT2D eigenvalue weighted by atomic mass is 19.3. The van der Waals surface area contributed by atoms with Crippen molar-refractivity contribution in [3.05, 3.63) is 30.1 Å². The molecule has 3 N–H and O–H groups in total. The van der Waals surface area contributed by atoms with Crippen molar-refractivity contribution in [3.8, 4) is 11.4 Å². The van der Waals surface area contributed by atoms with Crippen LogP contribution in [0.4, 0.5) is 20.4 Å². The van der Waals surface area contributed by atoms with Crippen LogP contribution in [-0.2, 0) is 11.2 Å². The first-order chi connectivity index (χ1) is 15.4. The molecule has 0 amide bonds. The van der Waals surface area contributed by atoms with Crippen LogP contribution in [0.2, 0.25) is 0 Å². The van der Waals surface area contributed by atoms with E-state index >= 15 is 0 Å². The zero-order valence-electron chi connectivity index (χ0n) is 18.2. The van der Waals surface area contributed by atoms with E-state index in [1.54, 1.807) is 6.20 Å². The number of hydrogen-bond acceptors (Lipinski definition) is 6. The molecule has 2 fully saturated rings. The number of H-pyrrole nitrogens is 1. The molecule has 1 saturated carbocycles. The summed E-state index contributed by atoms with van der Waals surface area (Å²) < 4.78 is 33.0. The van der Waals surface area contributed by atoms with E-state index in [4.69, 9.17) is 15.5 Å². The number of nitrogens with two attached hydrogens (primary N) is 1. The Labute approximate surface area is 185 Å². The molecular weight excluding hydrogens is 414 g/mol. The van der Waals surface area contributed by atoms with Gasteiger partial charge in [0.1, 0.15) is 17.3 Å². The van der Waals surface area contributed by atoms with Crippen LogP contribution in [0, 0.1) is 5.92 Å². The first kappa shape index (κ1) is 21.1. The second-order valence-corrected chi connectivity index (χ2v) is 8.95. The Balaban J connectivity index is 1.56. The maximum Gasteiger partial charge on any atom is 0.248 e. The number of pyridine rings is 1. The molecule has 1 aliphatic carbocycles. The van der Waals surface area contributed by atoms with Gasteiger partial charge in [-0.05, 0) is 44.2 Å². The zero-order chi connectivity index (χ0) is 22.3. The molecule has 170 valence electrons. The third kappa shape index (κ3) is 4.01. The van der Waals surface area contributed by atoms with Crippen molar-refractivity contribution >= 4 is 22.7 Å². The minimum absolute atomic E-state index is 0.0672. The topological polar surface area (TPSA) is 93.0 Å². The highest BCUT2D eigenvalue weighted by Crippen LogP contribution is 2.40. The van der Waals surface area contributed by atoms with Crippen molar-refractivity contribution < 1.29 is 13.5 Å². The van der Waals surface area contributed by atoms with Crippen molar-refractivity contribution in [1.82, 2.24) is 19.9 Å². The fourth-order valence-corrected chi connectivity index (χ4v) is 4.83. The Morgan fingerprint density at radius 2 is 2.06 bits per heavy atom. The van der Waals surface area contributed by atoms with E-state index in [9.17, 15) is 8.78 Å². The monoisotopic (exact) mass is 442 g/mol. The summed E-state index contributed by atoms with van der Waals surface area (Å²) in [5, 5.41) is 0.926. The Morgan fingerprint density at radius 1 is 1.25 bits per heavy atom. The number of fused-ring (bicyclic) bond motifs is 1. The average Bonchev–Trinajstić information content (AvgIpc) is 3.26. The predicted octanol–water partition coefficient (Wildman–Crippen LogP) is 4.20. The Kier molecular flexibility index (Phi) is 5.44. The molecule has 0 spiro atoms. The minimum atomic E-state index is -2.55. The predicted molar refractivity (Wildman–Crippen MR) is 120 cm³/mol. The lowest BCUT2D eigenvalue weighted by molar-refractivity contribution is -0.0456. The van der Waals surface area contributed by atoms with Gasteiger partial charge in [-0.2, -0.15) is 0 Å². The summed E-state index contributed by atoms with van der Waals surface area (Å²) in [6, 6.07) is 3.97. The highest BCUT2D eigenvalue weighted by molar-refractivity contribution is 5.91. The fraction of sp³-hybridized carbons (Fsp3) is 0.522. The van der Waals surface area contributed by atoms with Gasteiger partial charge in [-0.3, -0.25) is 0 Å². The molecule has 3 aromatic rings. The number of nitrogens with zero attached hydrogens (tertiary/aromatic N) is 4. The summed E-state index contributed by atoms with van der Waals surface area (Å²) in [7, 11) is 0. The van der Waals surface area contributed by atoms with Gasteiger partial charge in [-0.15, -0.1) is 0 Å². The molecule has 0 bridgehead atoms. The number of halogens is 2. The van der Waals surface area contributed by atoms with Crippen LogP contribution in [0.25, 0.3) is 22.4 Å². The lowest BCUT2D eigenvalue weighted by atomic mass is 9.83. The molecule has 7 nitrogen and oxygen atoms in total. The summed E-state index contributed by atoms with van der Waals surface area (Å²) >= 11 is 0. The lowest BCUT2D eigenvalue weighted by Crippen LogP contribution is -2.45. The fourth-order valence-electron chi connectivity index (χ4n) is 4.83. The quantitative estimate of drug-likeness (QED) is 0.629. The van der Waals surface area contributed by atoms with Crippen molar-refractivity contribution in [2.45, 2.75) is 51.0 Å². The van der Waals surface area contributed by atoms with Gasteiger partial charge in [-0.25, -0.2) is 23.7 Å². The lowest BCUT2D eigenvalue weighted by Gasteiger charge is -2.36. The van der Waals surface area contributed by atoms with E-state index in [2.05, 4.69) is 26.8 Å². The number of nitrogen functional groups attached to an aromatic ring is 1. The van der Waals surface area contributed by atoms with E-state index < -0.39 is 5.92 Å². The summed E-state index contributed by atoms with van der Waals surface area (Å²) in [5.74, 6) is -0.642. The largest absolute Gasteiger partial charge is 0.383 e. The molecule has 32 heavy (non-hydrogen) atoms. The highest BCUT2D eigenvalue weighted by Gasteiger charge is 2.36. The molecule has 5 rings (SSSR count). The second kappa shape index (κ2) is 8.27. The molecular formula is C23H28F2N6O.